The smallest absolute Gasteiger partial charge is 0.250 e. The Bertz CT molecular complexity index is 1270. The Hall–Kier alpha value is -3.45. The number of anilines is 1. The number of nitrogens with two attached hydrogens (primary N) is 1. The van der Waals surface area contributed by atoms with Gasteiger partial charge in [-0.25, -0.2) is 4.98 Å². The number of aromatic nitrogens is 2. The molecule has 4 aromatic rings. The van der Waals surface area contributed by atoms with E-state index in [9.17, 15) is 9.59 Å². The lowest BCUT2D eigenvalue weighted by Crippen LogP contribution is -2.41. The van der Waals surface area contributed by atoms with Gasteiger partial charge in [0.2, 0.25) is 11.5 Å². The van der Waals surface area contributed by atoms with Crippen molar-refractivity contribution in [3.8, 4) is 11.1 Å². The van der Waals surface area contributed by atoms with E-state index in [4.69, 9.17) is 5.73 Å². The fourth-order valence-corrected chi connectivity index (χ4v) is 3.95. The molecule has 0 saturated carbocycles. The number of carbonyl (C=O) groups excluding carboxylic acids is 1. The Morgan fingerprint density at radius 3 is 1.97 bits per heavy atom. The van der Waals surface area contributed by atoms with Gasteiger partial charge in [0.15, 0.2) is 0 Å². The second-order valence-electron chi connectivity index (χ2n) is 7.98. The van der Waals surface area contributed by atoms with Gasteiger partial charge in [0.25, 0.3) is 0 Å². The Morgan fingerprint density at radius 1 is 0.886 bits per heavy atom. The number of nitrogens with one attached hydrogen (secondary N) is 1. The van der Waals surface area contributed by atoms with Crippen LogP contribution in [0.5, 0.6) is 0 Å². The lowest BCUT2D eigenvalue weighted by Gasteiger charge is -2.24. The third-order valence-corrected chi connectivity index (χ3v) is 5.92. The Balaban J connectivity index is 0.00000216. The number of hydrogen-bond acceptors (Lipinski definition) is 4. The summed E-state index contributed by atoms with van der Waals surface area (Å²) in [7, 11) is 1.74. The molecular weight excluding hydrogens is 483 g/mol. The highest BCUT2D eigenvalue weighted by Crippen LogP contribution is 2.28. The summed E-state index contributed by atoms with van der Waals surface area (Å²) in [5, 5.41) is 2.85. The number of amides is 1. The number of halogens is 2. The zero-order valence-electron chi connectivity index (χ0n) is 19.4. The number of carbonyl (C=O) groups is 1. The predicted molar refractivity (Wildman–Crippen MR) is 145 cm³/mol. The van der Waals surface area contributed by atoms with E-state index < -0.39 is 6.04 Å². The van der Waals surface area contributed by atoms with Crippen molar-refractivity contribution in [3.63, 3.8) is 0 Å². The van der Waals surface area contributed by atoms with Crippen LogP contribution < -0.4 is 16.6 Å². The van der Waals surface area contributed by atoms with Crippen molar-refractivity contribution < 1.29 is 4.79 Å². The second-order valence-corrected chi connectivity index (χ2v) is 7.98. The van der Waals surface area contributed by atoms with E-state index in [1.807, 2.05) is 73.7 Å². The zero-order chi connectivity index (χ0) is 23.4. The highest BCUT2D eigenvalue weighted by atomic mass is 35.5. The molecule has 182 valence electrons. The Morgan fingerprint density at radius 2 is 1.46 bits per heavy atom. The summed E-state index contributed by atoms with van der Waals surface area (Å²) >= 11 is 0. The molecule has 0 unspecified atom stereocenters. The van der Waals surface area contributed by atoms with Crippen LogP contribution in [0.3, 0.4) is 0 Å². The molecule has 0 spiro atoms. The van der Waals surface area contributed by atoms with Gasteiger partial charge in [-0.15, -0.1) is 24.8 Å². The third kappa shape index (κ3) is 6.17. The van der Waals surface area contributed by atoms with Gasteiger partial charge in [0.1, 0.15) is 5.82 Å². The van der Waals surface area contributed by atoms with Crippen LogP contribution in [0.4, 0.5) is 5.82 Å². The molecule has 35 heavy (non-hydrogen) atoms. The largest absolute Gasteiger partial charge is 0.319 e. The standard InChI is InChI=1S/C27H26N4O2.2ClH/c1-18-22(14-16-24(32)31(18)2)21-13-15-23(29-17-21)30-27(33)26(28)25(19-9-5-3-6-10-19)20-11-7-4-8-12-20;;/h3-17,25-26H,28H2,1-2H3,(H,29,30,33);2*1H/t26-;;/m0../s1. The summed E-state index contributed by atoms with van der Waals surface area (Å²) in [6.07, 6.45) is 1.68. The topological polar surface area (TPSA) is 90.0 Å². The van der Waals surface area contributed by atoms with Crippen LogP contribution in [0.2, 0.25) is 0 Å². The van der Waals surface area contributed by atoms with Gasteiger partial charge in [0, 0.05) is 42.0 Å². The summed E-state index contributed by atoms with van der Waals surface area (Å²) in [4.78, 5) is 29.3. The van der Waals surface area contributed by atoms with Gasteiger partial charge >= 0.3 is 0 Å². The van der Waals surface area contributed by atoms with Crippen LogP contribution >= 0.6 is 24.8 Å². The molecule has 0 fully saturated rings. The van der Waals surface area contributed by atoms with Crippen LogP contribution in [0.1, 0.15) is 22.7 Å². The van der Waals surface area contributed by atoms with E-state index >= 15 is 0 Å². The molecule has 8 heteroatoms. The molecule has 3 N–H and O–H groups in total. The van der Waals surface area contributed by atoms with Crippen molar-refractivity contribution in [1.29, 1.82) is 0 Å². The second kappa shape index (κ2) is 12.3. The van der Waals surface area contributed by atoms with E-state index in [1.165, 1.54) is 6.07 Å². The molecular formula is C27H28Cl2N4O2. The van der Waals surface area contributed by atoms with Crippen molar-refractivity contribution in [2.45, 2.75) is 18.9 Å². The predicted octanol–water partition coefficient (Wildman–Crippen LogP) is 4.70. The average Bonchev–Trinajstić information content (AvgIpc) is 2.85. The van der Waals surface area contributed by atoms with Gasteiger partial charge in [0.05, 0.1) is 6.04 Å². The first-order chi connectivity index (χ1) is 16.0. The van der Waals surface area contributed by atoms with Crippen LogP contribution in [-0.4, -0.2) is 21.5 Å². The molecule has 2 heterocycles. The summed E-state index contributed by atoms with van der Waals surface area (Å²) in [6, 6.07) is 25.7. The number of benzene rings is 2. The van der Waals surface area contributed by atoms with Crippen molar-refractivity contribution in [2.24, 2.45) is 12.8 Å². The summed E-state index contributed by atoms with van der Waals surface area (Å²) in [5.74, 6) is -0.187. The van der Waals surface area contributed by atoms with E-state index in [0.29, 0.717) is 5.82 Å². The maximum absolute atomic E-state index is 13.1. The molecule has 0 aliphatic carbocycles. The summed E-state index contributed by atoms with van der Waals surface area (Å²) in [5.41, 5.74) is 11.0. The maximum atomic E-state index is 13.1. The van der Waals surface area contributed by atoms with Crippen molar-refractivity contribution >= 4 is 36.5 Å². The van der Waals surface area contributed by atoms with Crippen molar-refractivity contribution in [3.05, 3.63) is 118 Å². The van der Waals surface area contributed by atoms with Gasteiger partial charge < -0.3 is 15.6 Å². The third-order valence-electron chi connectivity index (χ3n) is 5.92. The Kier molecular flexibility index (Phi) is 9.78. The van der Waals surface area contributed by atoms with Crippen molar-refractivity contribution in [2.75, 3.05) is 5.32 Å². The van der Waals surface area contributed by atoms with Crippen LogP contribution in [0.15, 0.2) is 95.9 Å². The minimum absolute atomic E-state index is 0. The molecule has 0 bridgehead atoms. The normalized spacial score (nSPS) is 11.2. The SMILES string of the molecule is Cc1c(-c2ccc(NC(=O)[C@@H](N)C(c3ccccc3)c3ccccc3)nc2)ccc(=O)n1C.Cl.Cl. The van der Waals surface area contributed by atoms with E-state index in [2.05, 4.69) is 10.3 Å². The molecule has 0 aliphatic rings. The number of rotatable bonds is 6. The summed E-state index contributed by atoms with van der Waals surface area (Å²) < 4.78 is 1.59. The molecule has 0 saturated heterocycles. The van der Waals surface area contributed by atoms with Crippen LogP contribution in [0, 0.1) is 6.92 Å². The minimum Gasteiger partial charge on any atom is -0.319 e. The lowest BCUT2D eigenvalue weighted by atomic mass is 9.85. The first-order valence-electron chi connectivity index (χ1n) is 10.7. The Labute approximate surface area is 217 Å². The first-order valence-corrected chi connectivity index (χ1v) is 10.7. The quantitative estimate of drug-likeness (QED) is 0.393. The van der Waals surface area contributed by atoms with E-state index in [-0.39, 0.29) is 42.2 Å². The van der Waals surface area contributed by atoms with Gasteiger partial charge in [-0.3, -0.25) is 9.59 Å². The number of hydrogen-bond donors (Lipinski definition) is 2. The molecule has 1 amide bonds. The van der Waals surface area contributed by atoms with Gasteiger partial charge in [-0.2, -0.15) is 0 Å². The fourth-order valence-electron chi connectivity index (χ4n) is 3.95. The number of nitrogens with zero attached hydrogens (tertiary/aromatic N) is 2. The molecule has 0 aliphatic heterocycles. The van der Waals surface area contributed by atoms with E-state index in [0.717, 1.165) is 27.9 Å². The monoisotopic (exact) mass is 510 g/mol. The molecule has 2 aromatic heterocycles. The van der Waals surface area contributed by atoms with Crippen molar-refractivity contribution in [1.82, 2.24) is 9.55 Å². The lowest BCUT2D eigenvalue weighted by molar-refractivity contribution is -0.117. The maximum Gasteiger partial charge on any atom is 0.250 e. The van der Waals surface area contributed by atoms with Crippen LogP contribution in [0.25, 0.3) is 11.1 Å². The van der Waals surface area contributed by atoms with Gasteiger partial charge in [-0.1, -0.05) is 60.7 Å². The molecule has 1 atom stereocenters. The first kappa shape index (κ1) is 27.8. The van der Waals surface area contributed by atoms with Crippen LogP contribution in [-0.2, 0) is 11.8 Å². The molecule has 4 rings (SSSR count). The molecule has 6 nitrogen and oxygen atoms in total. The fraction of sp³-hybridized carbons (Fsp3) is 0.148. The number of pyridine rings is 2. The molecule has 0 radical (unpaired) electrons. The van der Waals surface area contributed by atoms with E-state index in [1.54, 1.807) is 29.9 Å². The average molecular weight is 511 g/mol. The highest BCUT2D eigenvalue weighted by molar-refractivity contribution is 5.95. The summed E-state index contributed by atoms with van der Waals surface area (Å²) in [6.45, 7) is 1.89. The van der Waals surface area contributed by atoms with Gasteiger partial charge in [-0.05, 0) is 36.2 Å². The zero-order valence-corrected chi connectivity index (χ0v) is 21.1. The minimum atomic E-state index is -0.804. The molecule has 2 aromatic carbocycles. The highest BCUT2D eigenvalue weighted by Gasteiger charge is 2.28.